The Balaban J connectivity index is 1.71. The average Bonchev–Trinajstić information content (AvgIpc) is 3.18. The van der Waals surface area contributed by atoms with E-state index in [2.05, 4.69) is 0 Å². The summed E-state index contributed by atoms with van der Waals surface area (Å²) in [5.74, 6) is -1.33. The molecule has 0 amide bonds. The first-order chi connectivity index (χ1) is 18.0. The van der Waals surface area contributed by atoms with E-state index in [9.17, 15) is 14.7 Å². The molecular weight excluding hydrogens is 480 g/mol. The zero-order chi connectivity index (χ0) is 26.5. The Hall–Kier alpha value is -3.24. The molecule has 0 unspecified atom stereocenters. The normalized spacial score (nSPS) is 21.4. The number of rotatable bonds is 14. The quantitative estimate of drug-likeness (QED) is 0.231. The number of carbonyl (C=O) groups excluding carboxylic acids is 2. The molecule has 3 rings (SSSR count). The van der Waals surface area contributed by atoms with Crippen LogP contribution in [-0.2, 0) is 51.2 Å². The molecule has 1 heterocycles. The molecule has 0 aromatic heterocycles. The van der Waals surface area contributed by atoms with Crippen molar-refractivity contribution in [2.45, 2.75) is 58.1 Å². The molecule has 4 atom stereocenters. The standard InChI is InChI=1S/C28H34O9/c1-3-33-24(29)15-22(16-25(30)34-4-2)36-28-26(31)27(35-18-21-13-9-6-10-14-21)23(37-28)19-32-17-20-11-7-5-8-12-20/h5-15,23,26-28,31H,3-4,16-19H2,1-2H3/b22-15+/t23-,26-,27+,28-/m1/s1. The van der Waals surface area contributed by atoms with Crippen LogP contribution in [0.4, 0.5) is 0 Å². The van der Waals surface area contributed by atoms with Gasteiger partial charge in [0.1, 0.15) is 30.5 Å². The number of aliphatic hydroxyl groups is 1. The fourth-order valence-electron chi connectivity index (χ4n) is 3.72. The van der Waals surface area contributed by atoms with Crippen molar-refractivity contribution in [1.29, 1.82) is 0 Å². The number of esters is 2. The van der Waals surface area contributed by atoms with E-state index in [1.54, 1.807) is 13.8 Å². The van der Waals surface area contributed by atoms with Gasteiger partial charge < -0.3 is 33.5 Å². The first-order valence-electron chi connectivity index (χ1n) is 12.3. The first-order valence-corrected chi connectivity index (χ1v) is 12.3. The lowest BCUT2D eigenvalue weighted by atomic mass is 10.1. The van der Waals surface area contributed by atoms with E-state index >= 15 is 0 Å². The van der Waals surface area contributed by atoms with Gasteiger partial charge >= 0.3 is 11.9 Å². The van der Waals surface area contributed by atoms with Crippen LogP contribution in [0.2, 0.25) is 0 Å². The van der Waals surface area contributed by atoms with E-state index in [1.165, 1.54) is 0 Å². The lowest BCUT2D eigenvalue weighted by molar-refractivity contribution is -0.159. The molecule has 1 N–H and O–H groups in total. The molecule has 2 aromatic carbocycles. The minimum atomic E-state index is -1.22. The van der Waals surface area contributed by atoms with Crippen LogP contribution in [0.5, 0.6) is 0 Å². The van der Waals surface area contributed by atoms with Gasteiger partial charge in [0.25, 0.3) is 0 Å². The second kappa shape index (κ2) is 15.1. The third-order valence-corrected chi connectivity index (χ3v) is 5.43. The molecule has 9 heteroatoms. The van der Waals surface area contributed by atoms with Gasteiger partial charge in [-0.2, -0.15) is 0 Å². The first kappa shape index (κ1) is 28.3. The van der Waals surface area contributed by atoms with Gasteiger partial charge in [-0.1, -0.05) is 60.7 Å². The van der Waals surface area contributed by atoms with Crippen molar-refractivity contribution in [3.8, 4) is 0 Å². The van der Waals surface area contributed by atoms with Gasteiger partial charge in [0.2, 0.25) is 6.29 Å². The Morgan fingerprint density at radius 1 is 0.919 bits per heavy atom. The van der Waals surface area contributed by atoms with Crippen molar-refractivity contribution in [2.75, 3.05) is 19.8 Å². The molecule has 1 aliphatic heterocycles. The third-order valence-electron chi connectivity index (χ3n) is 5.43. The van der Waals surface area contributed by atoms with Gasteiger partial charge in [0, 0.05) is 0 Å². The van der Waals surface area contributed by atoms with Crippen molar-refractivity contribution in [3.05, 3.63) is 83.6 Å². The maximum absolute atomic E-state index is 12.1. The summed E-state index contributed by atoms with van der Waals surface area (Å²) in [7, 11) is 0. The van der Waals surface area contributed by atoms with Crippen molar-refractivity contribution in [2.24, 2.45) is 0 Å². The van der Waals surface area contributed by atoms with Gasteiger partial charge in [-0.15, -0.1) is 0 Å². The number of carbonyl (C=O) groups is 2. The molecule has 0 aliphatic carbocycles. The fraction of sp³-hybridized carbons (Fsp3) is 0.429. The lowest BCUT2D eigenvalue weighted by Crippen LogP contribution is -2.37. The molecule has 9 nitrogen and oxygen atoms in total. The van der Waals surface area contributed by atoms with Gasteiger partial charge in [-0.25, -0.2) is 4.79 Å². The topological polar surface area (TPSA) is 110 Å². The molecule has 0 saturated carbocycles. The fourth-order valence-corrected chi connectivity index (χ4v) is 3.72. The Kier molecular flexibility index (Phi) is 11.6. The monoisotopic (exact) mass is 514 g/mol. The Labute approximate surface area is 216 Å². The van der Waals surface area contributed by atoms with Crippen LogP contribution in [0.3, 0.4) is 0 Å². The summed E-state index contributed by atoms with van der Waals surface area (Å²) in [6, 6.07) is 19.2. The van der Waals surface area contributed by atoms with Crippen molar-refractivity contribution in [1.82, 2.24) is 0 Å². The molecule has 0 radical (unpaired) electrons. The Morgan fingerprint density at radius 2 is 1.54 bits per heavy atom. The summed E-state index contributed by atoms with van der Waals surface area (Å²) in [4.78, 5) is 24.1. The minimum absolute atomic E-state index is 0.0476. The summed E-state index contributed by atoms with van der Waals surface area (Å²) in [5.41, 5.74) is 1.91. The Bertz CT molecular complexity index is 993. The highest BCUT2D eigenvalue weighted by Crippen LogP contribution is 2.29. The smallest absolute Gasteiger partial charge is 0.334 e. The summed E-state index contributed by atoms with van der Waals surface area (Å²) < 4.78 is 33.5. The second-order valence-corrected chi connectivity index (χ2v) is 8.26. The molecule has 37 heavy (non-hydrogen) atoms. The van der Waals surface area contributed by atoms with Crippen molar-refractivity contribution < 1.29 is 43.1 Å². The number of hydrogen-bond donors (Lipinski definition) is 1. The largest absolute Gasteiger partial charge is 0.466 e. The highest BCUT2D eigenvalue weighted by molar-refractivity contribution is 5.84. The van der Waals surface area contributed by atoms with Crippen LogP contribution >= 0.6 is 0 Å². The maximum atomic E-state index is 12.1. The van der Waals surface area contributed by atoms with Crippen LogP contribution in [0.15, 0.2) is 72.5 Å². The Morgan fingerprint density at radius 3 is 2.16 bits per heavy atom. The summed E-state index contributed by atoms with van der Waals surface area (Å²) in [5, 5.41) is 11.0. The van der Waals surface area contributed by atoms with Crippen LogP contribution in [0.25, 0.3) is 0 Å². The van der Waals surface area contributed by atoms with E-state index in [0.717, 1.165) is 17.2 Å². The highest BCUT2D eigenvalue weighted by atomic mass is 16.7. The SMILES string of the molecule is CCOC(=O)/C=C(\CC(=O)OCC)O[C@@H]1O[C@H](COCc2ccccc2)[C@H](OCc2ccccc2)[C@H]1O. The molecule has 1 aliphatic rings. The van der Waals surface area contributed by atoms with E-state index in [4.69, 9.17) is 28.4 Å². The van der Waals surface area contributed by atoms with Gasteiger partial charge in [-0.3, -0.25) is 4.79 Å². The maximum Gasteiger partial charge on any atom is 0.334 e. The number of benzene rings is 2. The number of aliphatic hydroxyl groups excluding tert-OH is 1. The molecule has 0 spiro atoms. The van der Waals surface area contributed by atoms with Crippen LogP contribution < -0.4 is 0 Å². The van der Waals surface area contributed by atoms with Crippen molar-refractivity contribution >= 4 is 11.9 Å². The third kappa shape index (κ3) is 9.29. The van der Waals surface area contributed by atoms with Gasteiger partial charge in [-0.05, 0) is 25.0 Å². The van der Waals surface area contributed by atoms with E-state index < -0.39 is 36.5 Å². The number of ether oxygens (including phenoxy) is 6. The summed E-state index contributed by atoms with van der Waals surface area (Å²) in [6.07, 6.45) is -3.16. The summed E-state index contributed by atoms with van der Waals surface area (Å²) in [6.45, 7) is 4.38. The zero-order valence-corrected chi connectivity index (χ0v) is 21.1. The molecule has 200 valence electrons. The van der Waals surface area contributed by atoms with E-state index in [0.29, 0.717) is 6.61 Å². The molecule has 1 saturated heterocycles. The highest BCUT2D eigenvalue weighted by Gasteiger charge is 2.46. The van der Waals surface area contributed by atoms with Crippen LogP contribution in [0.1, 0.15) is 31.4 Å². The lowest BCUT2D eigenvalue weighted by Gasteiger charge is -2.21. The predicted molar refractivity (Wildman–Crippen MR) is 133 cm³/mol. The van der Waals surface area contributed by atoms with E-state index in [1.807, 2.05) is 60.7 Å². The average molecular weight is 515 g/mol. The predicted octanol–water partition coefficient (Wildman–Crippen LogP) is 3.29. The van der Waals surface area contributed by atoms with E-state index in [-0.39, 0.29) is 38.6 Å². The molecule has 2 aromatic rings. The molecular formula is C28H34O9. The van der Waals surface area contributed by atoms with Gasteiger partial charge in [0.15, 0.2) is 0 Å². The molecule has 0 bridgehead atoms. The number of hydrogen-bond acceptors (Lipinski definition) is 9. The summed E-state index contributed by atoms with van der Waals surface area (Å²) >= 11 is 0. The van der Waals surface area contributed by atoms with Crippen molar-refractivity contribution in [3.63, 3.8) is 0 Å². The molecule has 1 fully saturated rings. The van der Waals surface area contributed by atoms with Gasteiger partial charge in [0.05, 0.1) is 39.1 Å². The van der Waals surface area contributed by atoms with Crippen LogP contribution in [-0.4, -0.2) is 61.5 Å². The second-order valence-electron chi connectivity index (χ2n) is 8.26. The van der Waals surface area contributed by atoms with Crippen LogP contribution in [0, 0.1) is 0 Å². The minimum Gasteiger partial charge on any atom is -0.466 e. The zero-order valence-electron chi connectivity index (χ0n) is 21.1.